The Bertz CT molecular complexity index is 893. The fourth-order valence-electron chi connectivity index (χ4n) is 3.87. The molecule has 0 saturated carbocycles. The van der Waals surface area contributed by atoms with Crippen LogP contribution in [-0.2, 0) is 9.59 Å². The summed E-state index contributed by atoms with van der Waals surface area (Å²) >= 11 is 0. The largest absolute Gasteiger partial charge is 0.481 e. The van der Waals surface area contributed by atoms with Gasteiger partial charge in [0.15, 0.2) is 0 Å². The summed E-state index contributed by atoms with van der Waals surface area (Å²) in [6.45, 7) is 3.56. The third kappa shape index (κ3) is 5.20. The maximum absolute atomic E-state index is 12.2. The number of aryl methyl sites for hydroxylation is 1. The fraction of sp³-hybridized carbons (Fsp3) is 0.524. The molecule has 0 aliphatic carbocycles. The van der Waals surface area contributed by atoms with E-state index in [-0.39, 0.29) is 25.3 Å². The number of nitrogens with zero attached hydrogens (tertiary/aromatic N) is 4. The number of hydrogen-bond donors (Lipinski definition) is 2. The van der Waals surface area contributed by atoms with Gasteiger partial charge in [0.25, 0.3) is 0 Å². The van der Waals surface area contributed by atoms with Crippen molar-refractivity contribution in [3.8, 4) is 0 Å². The summed E-state index contributed by atoms with van der Waals surface area (Å²) in [6.07, 6.45) is 5.12. The van der Waals surface area contributed by atoms with Crippen LogP contribution in [0.5, 0.6) is 0 Å². The van der Waals surface area contributed by atoms with Gasteiger partial charge in [0.05, 0.1) is 11.1 Å². The number of pyridine rings is 2. The third-order valence-electron chi connectivity index (χ3n) is 5.49. The van der Waals surface area contributed by atoms with Gasteiger partial charge in [-0.25, -0.2) is 0 Å². The molecule has 2 aromatic heterocycles. The Kier molecular flexibility index (Phi) is 6.32. The molecule has 0 radical (unpaired) electrons. The van der Waals surface area contributed by atoms with E-state index in [0.717, 1.165) is 22.3 Å². The molecule has 1 aliphatic rings. The quantitative estimate of drug-likeness (QED) is 0.732. The van der Waals surface area contributed by atoms with Gasteiger partial charge in [-0.05, 0) is 38.3 Å². The average Bonchev–Trinajstić information content (AvgIpc) is 2.67. The van der Waals surface area contributed by atoms with Crippen molar-refractivity contribution < 1.29 is 19.8 Å². The van der Waals surface area contributed by atoms with Gasteiger partial charge in [0.2, 0.25) is 5.91 Å². The van der Waals surface area contributed by atoms with E-state index < -0.39 is 11.6 Å². The lowest BCUT2D eigenvalue weighted by molar-refractivity contribution is -0.137. The first kappa shape index (κ1) is 21.0. The average molecular weight is 400 g/mol. The summed E-state index contributed by atoms with van der Waals surface area (Å²) in [4.78, 5) is 35.3. The van der Waals surface area contributed by atoms with Gasteiger partial charge >= 0.3 is 5.97 Å². The monoisotopic (exact) mass is 400 g/mol. The number of carbonyl (C=O) groups is 2. The predicted molar refractivity (Wildman–Crippen MR) is 110 cm³/mol. The topological polar surface area (TPSA) is 107 Å². The molecule has 0 bridgehead atoms. The van der Waals surface area contributed by atoms with Gasteiger partial charge in [0, 0.05) is 68.7 Å². The number of aliphatic hydroxyl groups is 1. The van der Waals surface area contributed by atoms with Gasteiger partial charge in [0.1, 0.15) is 0 Å². The molecule has 1 fully saturated rings. The second kappa shape index (κ2) is 8.73. The molecular formula is C21H28N4O4. The molecule has 0 atom stereocenters. The second-order valence-electron chi connectivity index (χ2n) is 7.88. The first-order valence-electron chi connectivity index (χ1n) is 9.92. The lowest BCUT2D eigenvalue weighted by Gasteiger charge is -2.41. The van der Waals surface area contributed by atoms with Crippen LogP contribution in [0.1, 0.15) is 37.8 Å². The standard InChI is InChI=1S/C21H28N4O4/c1-15-12-18(16-13-22-9-6-17(16)23-15)25-10-7-21(29,8-11-25)14-24(2)19(26)4-3-5-20(27)28/h6,9,12-13,29H,3-5,7-8,10-11,14H2,1-2H3,(H,27,28). The molecule has 29 heavy (non-hydrogen) atoms. The van der Waals surface area contributed by atoms with Crippen molar-refractivity contribution in [3.05, 3.63) is 30.2 Å². The molecule has 156 valence electrons. The third-order valence-corrected chi connectivity index (χ3v) is 5.49. The van der Waals surface area contributed by atoms with Crippen LogP contribution in [-0.4, -0.2) is 69.2 Å². The van der Waals surface area contributed by atoms with E-state index in [0.29, 0.717) is 32.4 Å². The Morgan fingerprint density at radius 1 is 1.28 bits per heavy atom. The van der Waals surface area contributed by atoms with Crippen LogP contribution in [0.2, 0.25) is 0 Å². The van der Waals surface area contributed by atoms with Crippen molar-refractivity contribution >= 4 is 28.5 Å². The Labute approximate surface area is 170 Å². The van der Waals surface area contributed by atoms with E-state index in [4.69, 9.17) is 5.11 Å². The molecule has 1 saturated heterocycles. The molecule has 8 nitrogen and oxygen atoms in total. The van der Waals surface area contributed by atoms with Crippen molar-refractivity contribution in [1.29, 1.82) is 0 Å². The molecule has 0 spiro atoms. The van der Waals surface area contributed by atoms with Crippen LogP contribution in [0.4, 0.5) is 5.69 Å². The lowest BCUT2D eigenvalue weighted by Crippen LogP contribution is -2.51. The molecule has 0 unspecified atom stereocenters. The highest BCUT2D eigenvalue weighted by Crippen LogP contribution is 2.31. The van der Waals surface area contributed by atoms with Crippen molar-refractivity contribution in [2.24, 2.45) is 0 Å². The number of piperidine rings is 1. The summed E-state index contributed by atoms with van der Waals surface area (Å²) in [7, 11) is 1.67. The number of aromatic nitrogens is 2. The SMILES string of the molecule is Cc1cc(N2CCC(O)(CN(C)C(=O)CCCC(=O)O)CC2)c2cnccc2n1. The maximum atomic E-state index is 12.2. The minimum absolute atomic E-state index is 0.0209. The van der Waals surface area contributed by atoms with E-state index in [9.17, 15) is 14.7 Å². The van der Waals surface area contributed by atoms with E-state index in [1.807, 2.05) is 25.3 Å². The zero-order valence-electron chi connectivity index (χ0n) is 17.0. The first-order valence-corrected chi connectivity index (χ1v) is 9.92. The normalized spacial score (nSPS) is 16.0. The maximum Gasteiger partial charge on any atom is 0.303 e. The molecule has 2 N–H and O–H groups in total. The molecule has 8 heteroatoms. The highest BCUT2D eigenvalue weighted by Gasteiger charge is 2.35. The van der Waals surface area contributed by atoms with E-state index >= 15 is 0 Å². The Morgan fingerprint density at radius 2 is 2.00 bits per heavy atom. The minimum Gasteiger partial charge on any atom is -0.481 e. The number of carboxylic acid groups (broad SMARTS) is 1. The number of anilines is 1. The zero-order chi connectivity index (χ0) is 21.0. The summed E-state index contributed by atoms with van der Waals surface area (Å²) in [5.74, 6) is -1.04. The zero-order valence-corrected chi connectivity index (χ0v) is 17.0. The van der Waals surface area contributed by atoms with E-state index in [1.54, 1.807) is 13.2 Å². The first-order chi connectivity index (χ1) is 13.8. The van der Waals surface area contributed by atoms with Crippen LogP contribution in [0, 0.1) is 6.92 Å². The highest BCUT2D eigenvalue weighted by molar-refractivity contribution is 5.91. The molecule has 3 rings (SSSR count). The highest BCUT2D eigenvalue weighted by atomic mass is 16.4. The fourth-order valence-corrected chi connectivity index (χ4v) is 3.87. The summed E-state index contributed by atoms with van der Waals surface area (Å²) in [6, 6.07) is 3.95. The van der Waals surface area contributed by atoms with E-state index in [1.165, 1.54) is 4.90 Å². The van der Waals surface area contributed by atoms with Gasteiger partial charge in [-0.3, -0.25) is 19.6 Å². The number of rotatable bonds is 7. The minimum atomic E-state index is -0.941. The van der Waals surface area contributed by atoms with Gasteiger partial charge in [-0.15, -0.1) is 0 Å². The van der Waals surface area contributed by atoms with Crippen molar-refractivity contribution in [2.75, 3.05) is 31.6 Å². The molecule has 3 heterocycles. The molecular weight excluding hydrogens is 372 g/mol. The number of hydrogen-bond acceptors (Lipinski definition) is 6. The number of fused-ring (bicyclic) bond motifs is 1. The number of aliphatic carboxylic acids is 1. The predicted octanol–water partition coefficient (Wildman–Crippen LogP) is 1.98. The summed E-state index contributed by atoms with van der Waals surface area (Å²) < 4.78 is 0. The summed E-state index contributed by atoms with van der Waals surface area (Å²) in [5.41, 5.74) is 1.97. The van der Waals surface area contributed by atoms with Crippen LogP contribution in [0.25, 0.3) is 10.9 Å². The van der Waals surface area contributed by atoms with Crippen LogP contribution in [0.3, 0.4) is 0 Å². The van der Waals surface area contributed by atoms with Gasteiger partial charge < -0.3 is 20.0 Å². The number of carboxylic acids is 1. The van der Waals surface area contributed by atoms with Gasteiger partial charge in [-0.1, -0.05) is 0 Å². The van der Waals surface area contributed by atoms with Crippen LogP contribution < -0.4 is 4.90 Å². The Hall–Kier alpha value is -2.74. The number of carbonyl (C=O) groups excluding carboxylic acids is 1. The van der Waals surface area contributed by atoms with Gasteiger partial charge in [-0.2, -0.15) is 0 Å². The number of amides is 1. The lowest BCUT2D eigenvalue weighted by atomic mass is 9.90. The number of likely N-dealkylation sites (N-methyl/N-ethyl adjacent to an activating group) is 1. The van der Waals surface area contributed by atoms with Crippen molar-refractivity contribution in [3.63, 3.8) is 0 Å². The molecule has 2 aromatic rings. The van der Waals surface area contributed by atoms with Crippen LogP contribution in [0.15, 0.2) is 24.5 Å². The Balaban J connectivity index is 1.61. The van der Waals surface area contributed by atoms with Crippen LogP contribution >= 0.6 is 0 Å². The van der Waals surface area contributed by atoms with Crippen molar-refractivity contribution in [1.82, 2.24) is 14.9 Å². The Morgan fingerprint density at radius 3 is 2.69 bits per heavy atom. The molecule has 0 aromatic carbocycles. The molecule has 1 amide bonds. The smallest absolute Gasteiger partial charge is 0.303 e. The van der Waals surface area contributed by atoms with Crippen molar-refractivity contribution in [2.45, 2.75) is 44.6 Å². The summed E-state index contributed by atoms with van der Waals surface area (Å²) in [5, 5.41) is 20.7. The van der Waals surface area contributed by atoms with E-state index in [2.05, 4.69) is 14.9 Å². The second-order valence-corrected chi connectivity index (χ2v) is 7.88. The molecule has 1 aliphatic heterocycles.